The Bertz CT molecular complexity index is 445. The fourth-order valence-corrected chi connectivity index (χ4v) is 1.64. The Morgan fingerprint density at radius 2 is 2.38 bits per heavy atom. The first-order chi connectivity index (χ1) is 7.78. The van der Waals surface area contributed by atoms with Crippen molar-refractivity contribution in [2.45, 2.75) is 26.9 Å². The largest absolute Gasteiger partial charge is 0.361 e. The van der Waals surface area contributed by atoms with E-state index < -0.39 is 0 Å². The molecule has 2 aromatic rings. The lowest BCUT2D eigenvalue weighted by Crippen LogP contribution is -2.11. The second kappa shape index (κ2) is 4.99. The quantitative estimate of drug-likeness (QED) is 0.835. The molecule has 0 fully saturated rings. The molecule has 0 aliphatic heterocycles. The van der Waals surface area contributed by atoms with E-state index in [4.69, 9.17) is 4.52 Å². The normalized spacial score (nSPS) is 10.9. The van der Waals surface area contributed by atoms with Crippen molar-refractivity contribution >= 4 is 0 Å². The second-order valence-corrected chi connectivity index (χ2v) is 3.90. The summed E-state index contributed by atoms with van der Waals surface area (Å²) in [6.07, 6.45) is 4.20. The van der Waals surface area contributed by atoms with Crippen LogP contribution in [0.5, 0.6) is 0 Å². The molecule has 2 aromatic heterocycles. The first-order valence-electron chi connectivity index (χ1n) is 5.55. The molecule has 1 N–H and O–H groups in total. The minimum absolute atomic E-state index is 0.767. The number of hydrogen-bond acceptors (Lipinski definition) is 3. The Labute approximate surface area is 95.2 Å². The molecule has 0 unspecified atom stereocenters. The summed E-state index contributed by atoms with van der Waals surface area (Å²) in [6, 6.07) is 4.08. The van der Waals surface area contributed by atoms with Crippen LogP contribution in [0.2, 0.25) is 0 Å². The lowest BCUT2D eigenvalue weighted by molar-refractivity contribution is 0.389. The molecule has 2 heterocycles. The van der Waals surface area contributed by atoms with Crippen molar-refractivity contribution in [3.8, 4) is 0 Å². The van der Waals surface area contributed by atoms with E-state index in [-0.39, 0.29) is 0 Å². The van der Waals surface area contributed by atoms with E-state index in [1.807, 2.05) is 13.0 Å². The minimum Gasteiger partial charge on any atom is -0.361 e. The van der Waals surface area contributed by atoms with Gasteiger partial charge in [0.1, 0.15) is 11.5 Å². The van der Waals surface area contributed by atoms with Gasteiger partial charge in [0.05, 0.1) is 6.54 Å². The van der Waals surface area contributed by atoms with E-state index >= 15 is 0 Å². The van der Waals surface area contributed by atoms with E-state index in [0.29, 0.717) is 0 Å². The molecule has 0 aliphatic carbocycles. The summed E-state index contributed by atoms with van der Waals surface area (Å²) >= 11 is 0. The van der Waals surface area contributed by atoms with Crippen molar-refractivity contribution < 1.29 is 4.52 Å². The molecule has 0 aliphatic rings. The van der Waals surface area contributed by atoms with Gasteiger partial charge in [-0.2, -0.15) is 0 Å². The lowest BCUT2D eigenvalue weighted by atomic mass is 10.3. The molecule has 4 nitrogen and oxygen atoms in total. The van der Waals surface area contributed by atoms with Crippen molar-refractivity contribution in [1.82, 2.24) is 15.0 Å². The van der Waals surface area contributed by atoms with Crippen molar-refractivity contribution in [1.29, 1.82) is 0 Å². The van der Waals surface area contributed by atoms with Crippen LogP contribution >= 0.6 is 0 Å². The molecule has 0 saturated heterocycles. The average Bonchev–Trinajstić information content (AvgIpc) is 2.86. The van der Waals surface area contributed by atoms with Crippen LogP contribution in [-0.2, 0) is 13.1 Å². The molecule has 0 radical (unpaired) electrons. The van der Waals surface area contributed by atoms with Crippen molar-refractivity contribution in [3.63, 3.8) is 0 Å². The highest BCUT2D eigenvalue weighted by Crippen LogP contribution is 2.07. The van der Waals surface area contributed by atoms with Crippen LogP contribution in [0.3, 0.4) is 0 Å². The monoisotopic (exact) mass is 219 g/mol. The first-order valence-corrected chi connectivity index (χ1v) is 5.55. The fraction of sp³-hybridized carbons (Fsp3) is 0.417. The Hall–Kier alpha value is -1.55. The van der Waals surface area contributed by atoms with Gasteiger partial charge in [-0.1, -0.05) is 12.1 Å². The summed E-state index contributed by atoms with van der Waals surface area (Å²) in [7, 11) is 0. The SMILES string of the molecule is CCNCc1ccn(Cc2cc(C)on2)c1. The zero-order valence-corrected chi connectivity index (χ0v) is 9.73. The summed E-state index contributed by atoms with van der Waals surface area (Å²) in [5.74, 6) is 0.857. The van der Waals surface area contributed by atoms with Gasteiger partial charge >= 0.3 is 0 Å². The van der Waals surface area contributed by atoms with Gasteiger partial charge in [0, 0.05) is 25.0 Å². The third kappa shape index (κ3) is 2.73. The number of hydrogen-bond donors (Lipinski definition) is 1. The topological polar surface area (TPSA) is 43.0 Å². The van der Waals surface area contributed by atoms with Gasteiger partial charge < -0.3 is 14.4 Å². The Balaban J connectivity index is 1.97. The zero-order chi connectivity index (χ0) is 11.4. The van der Waals surface area contributed by atoms with Gasteiger partial charge in [0.25, 0.3) is 0 Å². The molecule has 0 saturated carbocycles. The molecule has 0 bridgehead atoms. The van der Waals surface area contributed by atoms with Gasteiger partial charge in [0.15, 0.2) is 0 Å². The van der Waals surface area contributed by atoms with Gasteiger partial charge in [-0.25, -0.2) is 0 Å². The summed E-state index contributed by atoms with van der Waals surface area (Å²) < 4.78 is 7.15. The van der Waals surface area contributed by atoms with E-state index in [1.165, 1.54) is 5.56 Å². The van der Waals surface area contributed by atoms with Crippen molar-refractivity contribution in [2.24, 2.45) is 0 Å². The minimum atomic E-state index is 0.767. The van der Waals surface area contributed by atoms with Crippen molar-refractivity contribution in [3.05, 3.63) is 41.5 Å². The maximum atomic E-state index is 5.03. The molecule has 0 amide bonds. The summed E-state index contributed by atoms with van der Waals surface area (Å²) in [5.41, 5.74) is 2.25. The number of aryl methyl sites for hydroxylation is 1. The Morgan fingerprint density at radius 3 is 3.06 bits per heavy atom. The van der Waals surface area contributed by atoms with Crippen LogP contribution < -0.4 is 5.32 Å². The predicted molar refractivity (Wildman–Crippen MR) is 62.2 cm³/mol. The Kier molecular flexibility index (Phi) is 3.41. The molecule has 86 valence electrons. The van der Waals surface area contributed by atoms with Gasteiger partial charge in [-0.05, 0) is 25.1 Å². The van der Waals surface area contributed by atoms with E-state index in [1.54, 1.807) is 0 Å². The average molecular weight is 219 g/mol. The van der Waals surface area contributed by atoms with Crippen molar-refractivity contribution in [2.75, 3.05) is 6.54 Å². The van der Waals surface area contributed by atoms with E-state index in [0.717, 1.165) is 31.1 Å². The summed E-state index contributed by atoms with van der Waals surface area (Å²) in [5, 5.41) is 7.27. The van der Waals surface area contributed by atoms with Crippen LogP contribution in [-0.4, -0.2) is 16.3 Å². The van der Waals surface area contributed by atoms with Crippen LogP contribution in [0.1, 0.15) is 23.9 Å². The van der Waals surface area contributed by atoms with Crippen LogP contribution in [0.25, 0.3) is 0 Å². The highest BCUT2D eigenvalue weighted by atomic mass is 16.5. The molecular formula is C12H17N3O. The van der Waals surface area contributed by atoms with Crippen LogP contribution in [0.15, 0.2) is 29.0 Å². The summed E-state index contributed by atoms with van der Waals surface area (Å²) in [4.78, 5) is 0. The number of aromatic nitrogens is 2. The highest BCUT2D eigenvalue weighted by Gasteiger charge is 2.02. The third-order valence-electron chi connectivity index (χ3n) is 2.41. The van der Waals surface area contributed by atoms with Gasteiger partial charge in [-0.15, -0.1) is 0 Å². The molecular weight excluding hydrogens is 202 g/mol. The fourth-order valence-electron chi connectivity index (χ4n) is 1.64. The van der Waals surface area contributed by atoms with Crippen LogP contribution in [0, 0.1) is 6.92 Å². The van der Waals surface area contributed by atoms with E-state index in [9.17, 15) is 0 Å². The van der Waals surface area contributed by atoms with E-state index in [2.05, 4.69) is 40.4 Å². The van der Waals surface area contributed by atoms with Gasteiger partial charge in [0.2, 0.25) is 0 Å². The molecule has 16 heavy (non-hydrogen) atoms. The van der Waals surface area contributed by atoms with Gasteiger partial charge in [-0.3, -0.25) is 0 Å². The molecule has 0 spiro atoms. The zero-order valence-electron chi connectivity index (χ0n) is 9.73. The predicted octanol–water partition coefficient (Wildman–Crippen LogP) is 1.94. The second-order valence-electron chi connectivity index (χ2n) is 3.90. The molecule has 4 heteroatoms. The number of nitrogens with one attached hydrogen (secondary N) is 1. The standard InChI is InChI=1S/C12H17N3O/c1-3-13-7-11-4-5-15(8-11)9-12-6-10(2)16-14-12/h4-6,8,13H,3,7,9H2,1-2H3. The maximum absolute atomic E-state index is 5.03. The third-order valence-corrected chi connectivity index (χ3v) is 2.41. The lowest BCUT2D eigenvalue weighted by Gasteiger charge is -1.99. The smallest absolute Gasteiger partial charge is 0.133 e. The van der Waals surface area contributed by atoms with Crippen LogP contribution in [0.4, 0.5) is 0 Å². The maximum Gasteiger partial charge on any atom is 0.133 e. The number of nitrogens with zero attached hydrogens (tertiary/aromatic N) is 2. The first kappa shape index (κ1) is 11.0. The highest BCUT2D eigenvalue weighted by molar-refractivity contribution is 5.12. The molecule has 0 atom stereocenters. The molecule has 2 rings (SSSR count). The summed E-state index contributed by atoms with van der Waals surface area (Å²) in [6.45, 7) is 6.69. The number of rotatable bonds is 5. The Morgan fingerprint density at radius 1 is 1.50 bits per heavy atom. The molecule has 0 aromatic carbocycles.